The Balaban J connectivity index is 2.50. The molecule has 1 rings (SSSR count). The molecule has 1 saturated heterocycles. The third-order valence-electron chi connectivity index (χ3n) is 3.17. The van der Waals surface area contributed by atoms with Crippen molar-refractivity contribution in [3.63, 3.8) is 0 Å². The molecule has 0 aliphatic carbocycles. The summed E-state index contributed by atoms with van der Waals surface area (Å²) in [5.74, 6) is 0.812. The summed E-state index contributed by atoms with van der Waals surface area (Å²) in [6.07, 6.45) is 1.86. The van der Waals surface area contributed by atoms with E-state index in [1.165, 1.54) is 0 Å². The van der Waals surface area contributed by atoms with E-state index in [0.29, 0.717) is 12.5 Å². The van der Waals surface area contributed by atoms with Crippen molar-refractivity contribution in [2.75, 3.05) is 19.6 Å². The number of hydrogen-bond acceptors (Lipinski definition) is 3. The lowest BCUT2D eigenvalue weighted by Gasteiger charge is -2.32. The summed E-state index contributed by atoms with van der Waals surface area (Å²) in [5.41, 5.74) is 5.52. The highest BCUT2D eigenvalue weighted by atomic mass is 16.2. The van der Waals surface area contributed by atoms with Crippen molar-refractivity contribution in [2.24, 2.45) is 17.6 Å². The van der Waals surface area contributed by atoms with E-state index in [-0.39, 0.29) is 17.4 Å². The number of hydrogen-bond donors (Lipinski definition) is 3. The van der Waals surface area contributed by atoms with Gasteiger partial charge < -0.3 is 16.4 Å². The number of rotatable bonds is 5. The van der Waals surface area contributed by atoms with Crippen LogP contribution in [-0.4, -0.2) is 31.1 Å². The van der Waals surface area contributed by atoms with Gasteiger partial charge in [0.1, 0.15) is 0 Å². The summed E-state index contributed by atoms with van der Waals surface area (Å²) in [4.78, 5) is 12.0. The van der Waals surface area contributed by atoms with Gasteiger partial charge in [-0.1, -0.05) is 13.8 Å². The first-order valence-electron chi connectivity index (χ1n) is 6.19. The summed E-state index contributed by atoms with van der Waals surface area (Å²) >= 11 is 0. The first kappa shape index (κ1) is 13.5. The summed E-state index contributed by atoms with van der Waals surface area (Å²) in [6.45, 7) is 8.58. The highest BCUT2D eigenvalue weighted by Crippen LogP contribution is 2.17. The predicted molar refractivity (Wildman–Crippen MR) is 66.0 cm³/mol. The monoisotopic (exact) mass is 227 g/mol. The first-order chi connectivity index (χ1) is 7.47. The third-order valence-corrected chi connectivity index (χ3v) is 3.17. The van der Waals surface area contributed by atoms with Gasteiger partial charge >= 0.3 is 0 Å². The Morgan fingerprint density at radius 2 is 2.31 bits per heavy atom. The molecule has 0 spiro atoms. The molecule has 2 atom stereocenters. The Hall–Kier alpha value is -0.610. The lowest BCUT2D eigenvalue weighted by molar-refractivity contribution is -0.126. The van der Waals surface area contributed by atoms with Gasteiger partial charge in [0.05, 0.1) is 5.92 Å². The van der Waals surface area contributed by atoms with Gasteiger partial charge in [-0.2, -0.15) is 0 Å². The minimum atomic E-state index is -0.256. The van der Waals surface area contributed by atoms with Crippen LogP contribution in [0.4, 0.5) is 0 Å². The Morgan fingerprint density at radius 1 is 1.62 bits per heavy atom. The average molecular weight is 227 g/mol. The summed E-state index contributed by atoms with van der Waals surface area (Å²) in [7, 11) is 0. The van der Waals surface area contributed by atoms with Crippen LogP contribution in [0.15, 0.2) is 0 Å². The molecule has 2 unspecified atom stereocenters. The van der Waals surface area contributed by atoms with Crippen molar-refractivity contribution in [2.45, 2.75) is 39.2 Å². The largest absolute Gasteiger partial charge is 0.349 e. The Kier molecular flexibility index (Phi) is 4.74. The molecule has 0 radical (unpaired) electrons. The van der Waals surface area contributed by atoms with Crippen LogP contribution in [-0.2, 0) is 4.79 Å². The van der Waals surface area contributed by atoms with E-state index in [1.807, 2.05) is 6.92 Å². The zero-order chi connectivity index (χ0) is 12.2. The first-order valence-corrected chi connectivity index (χ1v) is 6.19. The molecule has 1 aliphatic heterocycles. The van der Waals surface area contributed by atoms with Crippen LogP contribution in [0.3, 0.4) is 0 Å². The van der Waals surface area contributed by atoms with Gasteiger partial charge in [0, 0.05) is 18.6 Å². The van der Waals surface area contributed by atoms with E-state index in [0.717, 1.165) is 25.9 Å². The number of carbonyl (C=O) groups excluding carboxylic acids is 1. The Bertz CT molecular complexity index is 236. The molecule has 1 aliphatic rings. The molecule has 1 amide bonds. The van der Waals surface area contributed by atoms with E-state index in [4.69, 9.17) is 5.73 Å². The van der Waals surface area contributed by atoms with E-state index in [2.05, 4.69) is 24.5 Å². The van der Waals surface area contributed by atoms with Crippen molar-refractivity contribution in [3.05, 3.63) is 0 Å². The SMILES string of the molecule is CC(C)CC(C)(CN)NC(=O)C1CCNC1. The van der Waals surface area contributed by atoms with Crippen LogP contribution < -0.4 is 16.4 Å². The molecule has 4 N–H and O–H groups in total. The second-order valence-corrected chi connectivity index (χ2v) is 5.54. The van der Waals surface area contributed by atoms with Gasteiger partial charge in [-0.15, -0.1) is 0 Å². The Morgan fingerprint density at radius 3 is 2.75 bits per heavy atom. The van der Waals surface area contributed by atoms with Gasteiger partial charge in [-0.05, 0) is 32.2 Å². The van der Waals surface area contributed by atoms with Crippen molar-refractivity contribution in [1.29, 1.82) is 0 Å². The maximum absolute atomic E-state index is 12.0. The molecule has 0 aromatic heterocycles. The lowest BCUT2D eigenvalue weighted by Crippen LogP contribution is -2.54. The average Bonchev–Trinajstić information content (AvgIpc) is 2.69. The minimum Gasteiger partial charge on any atom is -0.349 e. The fraction of sp³-hybridized carbons (Fsp3) is 0.917. The quantitative estimate of drug-likeness (QED) is 0.640. The van der Waals surface area contributed by atoms with Crippen molar-refractivity contribution in [3.8, 4) is 0 Å². The van der Waals surface area contributed by atoms with Crippen molar-refractivity contribution < 1.29 is 4.79 Å². The number of nitrogens with two attached hydrogens (primary N) is 1. The van der Waals surface area contributed by atoms with Crippen LogP contribution in [0, 0.1) is 11.8 Å². The van der Waals surface area contributed by atoms with Gasteiger partial charge in [0.15, 0.2) is 0 Å². The molecular formula is C12H25N3O. The number of nitrogens with one attached hydrogen (secondary N) is 2. The lowest BCUT2D eigenvalue weighted by atomic mass is 9.90. The molecule has 4 heteroatoms. The molecular weight excluding hydrogens is 202 g/mol. The molecule has 0 aromatic rings. The molecule has 4 nitrogen and oxygen atoms in total. The smallest absolute Gasteiger partial charge is 0.224 e. The van der Waals surface area contributed by atoms with E-state index < -0.39 is 0 Å². The van der Waals surface area contributed by atoms with Gasteiger partial charge in [-0.3, -0.25) is 4.79 Å². The Labute approximate surface area is 98.3 Å². The maximum Gasteiger partial charge on any atom is 0.224 e. The highest BCUT2D eigenvalue weighted by molar-refractivity contribution is 5.80. The standard InChI is InChI=1S/C12H25N3O/c1-9(2)6-12(3,8-13)15-11(16)10-4-5-14-7-10/h9-10,14H,4-8,13H2,1-3H3,(H,15,16). The van der Waals surface area contributed by atoms with Crippen LogP contribution in [0.2, 0.25) is 0 Å². The number of amides is 1. The van der Waals surface area contributed by atoms with Crippen LogP contribution in [0.25, 0.3) is 0 Å². The topological polar surface area (TPSA) is 67.1 Å². The fourth-order valence-corrected chi connectivity index (χ4v) is 2.36. The van der Waals surface area contributed by atoms with Crippen molar-refractivity contribution >= 4 is 5.91 Å². The van der Waals surface area contributed by atoms with Gasteiger partial charge in [-0.25, -0.2) is 0 Å². The fourth-order valence-electron chi connectivity index (χ4n) is 2.36. The molecule has 1 fully saturated rings. The van der Waals surface area contributed by atoms with Crippen LogP contribution in [0.1, 0.15) is 33.6 Å². The molecule has 94 valence electrons. The van der Waals surface area contributed by atoms with Crippen LogP contribution >= 0.6 is 0 Å². The molecule has 0 saturated carbocycles. The van der Waals surface area contributed by atoms with Crippen molar-refractivity contribution in [1.82, 2.24) is 10.6 Å². The zero-order valence-electron chi connectivity index (χ0n) is 10.7. The summed E-state index contributed by atoms with van der Waals surface area (Å²) < 4.78 is 0. The predicted octanol–water partition coefficient (Wildman–Crippen LogP) is 0.476. The molecule has 16 heavy (non-hydrogen) atoms. The highest BCUT2D eigenvalue weighted by Gasteiger charge is 2.30. The molecule has 0 bridgehead atoms. The van der Waals surface area contributed by atoms with E-state index >= 15 is 0 Å². The van der Waals surface area contributed by atoms with E-state index in [1.54, 1.807) is 0 Å². The number of carbonyl (C=O) groups is 1. The normalized spacial score (nSPS) is 24.4. The maximum atomic E-state index is 12.0. The summed E-state index contributed by atoms with van der Waals surface area (Å²) in [6, 6.07) is 0. The second kappa shape index (κ2) is 5.64. The second-order valence-electron chi connectivity index (χ2n) is 5.54. The molecule has 0 aromatic carbocycles. The van der Waals surface area contributed by atoms with Gasteiger partial charge in [0.25, 0.3) is 0 Å². The molecule has 1 heterocycles. The van der Waals surface area contributed by atoms with Crippen LogP contribution in [0.5, 0.6) is 0 Å². The van der Waals surface area contributed by atoms with E-state index in [9.17, 15) is 4.79 Å². The third kappa shape index (κ3) is 3.76. The zero-order valence-corrected chi connectivity index (χ0v) is 10.7. The minimum absolute atomic E-state index is 0.123. The van der Waals surface area contributed by atoms with Gasteiger partial charge in [0.2, 0.25) is 5.91 Å². The summed E-state index contributed by atoms with van der Waals surface area (Å²) in [5, 5.41) is 6.32.